The lowest BCUT2D eigenvalue weighted by Gasteiger charge is -2.29. The molecule has 142 valence electrons. The Bertz CT molecular complexity index is 744. The van der Waals surface area contributed by atoms with Gasteiger partial charge < -0.3 is 5.11 Å². The molecule has 4 atom stereocenters. The number of unbranched alkanes of at least 4 members (excludes halogenated alkanes) is 1. The zero-order valence-electron chi connectivity index (χ0n) is 14.9. The van der Waals surface area contributed by atoms with Crippen LogP contribution < -0.4 is 4.72 Å². The van der Waals surface area contributed by atoms with Gasteiger partial charge >= 0.3 is 5.97 Å². The molecular formula is C20H27NO4S. The quantitative estimate of drug-likeness (QED) is 0.509. The maximum Gasteiger partial charge on any atom is 0.303 e. The first-order valence-corrected chi connectivity index (χ1v) is 10.9. The summed E-state index contributed by atoms with van der Waals surface area (Å²) >= 11 is 0. The maximum absolute atomic E-state index is 12.6. The second kappa shape index (κ2) is 8.35. The molecule has 1 aromatic rings. The molecule has 2 bridgehead atoms. The molecule has 0 aliphatic heterocycles. The number of nitrogens with one attached hydrogen (secondary N) is 1. The number of carbonyl (C=O) groups is 1. The van der Waals surface area contributed by atoms with Crippen LogP contribution in [0.5, 0.6) is 0 Å². The van der Waals surface area contributed by atoms with E-state index in [1.165, 1.54) is 6.42 Å². The molecule has 2 aliphatic rings. The van der Waals surface area contributed by atoms with Crippen LogP contribution in [0.4, 0.5) is 0 Å². The summed E-state index contributed by atoms with van der Waals surface area (Å²) in [6, 6.07) is 8.60. The Hall–Kier alpha value is -1.66. The lowest BCUT2D eigenvalue weighted by Crippen LogP contribution is -2.41. The van der Waals surface area contributed by atoms with Crippen LogP contribution in [-0.4, -0.2) is 25.5 Å². The summed E-state index contributed by atoms with van der Waals surface area (Å²) in [5.41, 5.74) is 0. The predicted octanol–water partition coefficient (Wildman–Crippen LogP) is 3.58. The van der Waals surface area contributed by atoms with Crippen molar-refractivity contribution < 1.29 is 18.3 Å². The van der Waals surface area contributed by atoms with E-state index in [4.69, 9.17) is 5.11 Å². The van der Waals surface area contributed by atoms with Gasteiger partial charge in [-0.15, -0.1) is 0 Å². The minimum absolute atomic E-state index is 0.0318. The monoisotopic (exact) mass is 377 g/mol. The third kappa shape index (κ3) is 4.74. The lowest BCUT2D eigenvalue weighted by atomic mass is 9.83. The summed E-state index contributed by atoms with van der Waals surface area (Å²) in [7, 11) is -3.45. The minimum atomic E-state index is -3.45. The highest BCUT2D eigenvalue weighted by Crippen LogP contribution is 2.50. The van der Waals surface area contributed by atoms with E-state index in [2.05, 4.69) is 16.9 Å². The van der Waals surface area contributed by atoms with Crippen LogP contribution in [0.2, 0.25) is 0 Å². The molecule has 2 fully saturated rings. The largest absolute Gasteiger partial charge is 0.481 e. The van der Waals surface area contributed by atoms with E-state index in [0.29, 0.717) is 29.1 Å². The van der Waals surface area contributed by atoms with Gasteiger partial charge in [0.2, 0.25) is 10.0 Å². The van der Waals surface area contributed by atoms with Crippen molar-refractivity contribution in [2.45, 2.75) is 55.9 Å². The van der Waals surface area contributed by atoms with Gasteiger partial charge in [0.1, 0.15) is 0 Å². The van der Waals surface area contributed by atoms with Crippen LogP contribution in [0.25, 0.3) is 0 Å². The van der Waals surface area contributed by atoms with E-state index >= 15 is 0 Å². The van der Waals surface area contributed by atoms with Crippen LogP contribution in [0, 0.1) is 17.8 Å². The van der Waals surface area contributed by atoms with Crippen molar-refractivity contribution in [2.24, 2.45) is 17.8 Å². The van der Waals surface area contributed by atoms with Crippen molar-refractivity contribution in [3.63, 3.8) is 0 Å². The van der Waals surface area contributed by atoms with E-state index in [1.54, 1.807) is 24.3 Å². The fourth-order valence-electron chi connectivity index (χ4n) is 4.53. The fraction of sp³-hybridized carbons (Fsp3) is 0.550. The van der Waals surface area contributed by atoms with Crippen molar-refractivity contribution in [1.82, 2.24) is 4.72 Å². The second-order valence-electron chi connectivity index (χ2n) is 7.53. The molecule has 2 saturated carbocycles. The summed E-state index contributed by atoms with van der Waals surface area (Å²) in [4.78, 5) is 10.8. The van der Waals surface area contributed by atoms with Crippen molar-refractivity contribution in [2.75, 3.05) is 0 Å². The minimum Gasteiger partial charge on any atom is -0.481 e. The topological polar surface area (TPSA) is 83.5 Å². The molecule has 0 heterocycles. The molecule has 6 heteroatoms. The molecule has 0 saturated heterocycles. The molecule has 0 amide bonds. The average molecular weight is 378 g/mol. The fourth-order valence-corrected chi connectivity index (χ4v) is 5.85. The van der Waals surface area contributed by atoms with Gasteiger partial charge in [-0.2, -0.15) is 0 Å². The third-order valence-electron chi connectivity index (χ3n) is 5.68. The second-order valence-corrected chi connectivity index (χ2v) is 9.24. The highest BCUT2D eigenvalue weighted by atomic mass is 32.2. The molecule has 5 nitrogen and oxygen atoms in total. The number of rotatable bonds is 9. The molecule has 2 N–H and O–H groups in total. The van der Waals surface area contributed by atoms with Crippen LogP contribution in [0.15, 0.2) is 47.4 Å². The van der Waals surface area contributed by atoms with Crippen LogP contribution >= 0.6 is 0 Å². The first kappa shape index (κ1) is 19.1. The summed E-state index contributed by atoms with van der Waals surface area (Å²) in [6.45, 7) is 0. The maximum atomic E-state index is 12.6. The van der Waals surface area contributed by atoms with Crippen molar-refractivity contribution in [1.29, 1.82) is 0 Å². The number of aliphatic carboxylic acids is 1. The Kier molecular flexibility index (Phi) is 6.14. The summed E-state index contributed by atoms with van der Waals surface area (Å²) in [5.74, 6) is 0.795. The van der Waals surface area contributed by atoms with Gasteiger partial charge in [0, 0.05) is 12.5 Å². The van der Waals surface area contributed by atoms with Crippen LogP contribution in [0.1, 0.15) is 44.9 Å². The Morgan fingerprint density at radius 3 is 2.62 bits per heavy atom. The molecule has 0 unspecified atom stereocenters. The van der Waals surface area contributed by atoms with Gasteiger partial charge in [0.25, 0.3) is 0 Å². The Morgan fingerprint density at radius 2 is 1.92 bits per heavy atom. The van der Waals surface area contributed by atoms with Gasteiger partial charge in [-0.05, 0) is 68.4 Å². The van der Waals surface area contributed by atoms with Crippen LogP contribution in [-0.2, 0) is 14.8 Å². The number of hydrogen-bond acceptors (Lipinski definition) is 3. The molecule has 0 aromatic heterocycles. The van der Waals surface area contributed by atoms with Crippen molar-refractivity contribution >= 4 is 16.0 Å². The third-order valence-corrected chi connectivity index (χ3v) is 7.18. The number of benzene rings is 1. The lowest BCUT2D eigenvalue weighted by molar-refractivity contribution is -0.137. The van der Waals surface area contributed by atoms with Gasteiger partial charge in [0.05, 0.1) is 4.90 Å². The number of carboxylic acids is 1. The number of fused-ring (bicyclic) bond motifs is 2. The molecule has 0 radical (unpaired) electrons. The van der Waals surface area contributed by atoms with E-state index in [0.717, 1.165) is 25.7 Å². The van der Waals surface area contributed by atoms with E-state index in [1.807, 2.05) is 6.07 Å². The number of sulfonamides is 1. The van der Waals surface area contributed by atoms with Crippen LogP contribution in [0.3, 0.4) is 0 Å². The van der Waals surface area contributed by atoms with Gasteiger partial charge in [-0.1, -0.05) is 30.4 Å². The van der Waals surface area contributed by atoms with E-state index < -0.39 is 16.0 Å². The highest BCUT2D eigenvalue weighted by Gasteiger charge is 2.46. The first-order valence-electron chi connectivity index (χ1n) is 9.40. The molecule has 26 heavy (non-hydrogen) atoms. The van der Waals surface area contributed by atoms with E-state index in [-0.39, 0.29) is 12.5 Å². The molecule has 3 rings (SSSR count). The molecule has 1 aromatic carbocycles. The first-order chi connectivity index (χ1) is 12.5. The summed E-state index contributed by atoms with van der Waals surface area (Å²) < 4.78 is 28.1. The Labute approximate surface area is 155 Å². The zero-order chi connectivity index (χ0) is 18.6. The normalized spacial score (nSPS) is 28.0. The van der Waals surface area contributed by atoms with Gasteiger partial charge in [0.15, 0.2) is 0 Å². The molecular weight excluding hydrogens is 350 g/mol. The van der Waals surface area contributed by atoms with Crippen molar-refractivity contribution in [3.05, 3.63) is 42.5 Å². The molecule has 0 spiro atoms. The highest BCUT2D eigenvalue weighted by molar-refractivity contribution is 7.89. The summed E-state index contributed by atoms with van der Waals surface area (Å²) in [6.07, 6.45) is 10.1. The predicted molar refractivity (Wildman–Crippen MR) is 100 cm³/mol. The SMILES string of the molecule is O=C(O)CCCC=CC[C@H]1C[C@@H]2C[C@H]1[C@@H](NS(=O)(=O)c1ccccc1)C2. The number of carboxylic acid groups (broad SMARTS) is 1. The standard InChI is InChI=1S/C20H27NO4S/c22-20(23)11-7-2-1-4-8-16-12-15-13-18(16)19(14-15)21-26(24,25)17-9-5-3-6-10-17/h1,3-6,9-10,15-16,18-19,21H,2,7-8,11-14H2,(H,22,23)/t15-,16+,18-,19+/m1/s1. The smallest absolute Gasteiger partial charge is 0.303 e. The van der Waals surface area contributed by atoms with Crippen molar-refractivity contribution in [3.8, 4) is 0 Å². The number of allylic oxidation sites excluding steroid dienone is 2. The van der Waals surface area contributed by atoms with E-state index in [9.17, 15) is 13.2 Å². The zero-order valence-corrected chi connectivity index (χ0v) is 15.7. The molecule has 2 aliphatic carbocycles. The van der Waals surface area contributed by atoms with Gasteiger partial charge in [-0.25, -0.2) is 13.1 Å². The van der Waals surface area contributed by atoms with Gasteiger partial charge in [-0.3, -0.25) is 4.79 Å². The Balaban J connectivity index is 1.52. The average Bonchev–Trinajstić information content (AvgIpc) is 3.18. The summed E-state index contributed by atoms with van der Waals surface area (Å²) in [5, 5.41) is 8.64. The Morgan fingerprint density at radius 1 is 1.15 bits per heavy atom. The number of hydrogen-bond donors (Lipinski definition) is 2.